The average Bonchev–Trinajstić information content (AvgIpc) is 4.13. The van der Waals surface area contributed by atoms with Crippen molar-refractivity contribution in [3.63, 3.8) is 0 Å². The first-order valence-electron chi connectivity index (χ1n) is 27.0. The van der Waals surface area contributed by atoms with Gasteiger partial charge in [0.05, 0.1) is 11.2 Å². The SMILES string of the molecule is c1c(-c2ccccc2)ccc(-c2cc(-c3nc(-c4ccc(-c5ccccc5)cc4)nc(-c4ccc(-c5ccccc5)cc4)n3)cc(-c3ccc(-c4ccccc4)cc3)c2-n2c3c(c4cc(-c5ccccc5)ccc42)C=CCC3)c#1. The van der Waals surface area contributed by atoms with Crippen molar-refractivity contribution in [3.05, 3.63) is 296 Å². The molecule has 0 unspecified atom stereocenters. The molecule has 14 rings (SSSR count). The lowest BCUT2D eigenvalue weighted by Gasteiger charge is -2.22. The highest BCUT2D eigenvalue weighted by Crippen LogP contribution is 2.45. The van der Waals surface area contributed by atoms with E-state index in [2.05, 4.69) is 278 Å². The van der Waals surface area contributed by atoms with Crippen LogP contribution in [0.25, 0.3) is 135 Å². The third-order valence-electron chi connectivity index (χ3n) is 15.2. The number of hydrogen-bond donors (Lipinski definition) is 0. The average molecular weight is 1010 g/mol. The van der Waals surface area contributed by atoms with Crippen LogP contribution in [0, 0.1) is 12.1 Å². The molecule has 13 aromatic rings. The van der Waals surface area contributed by atoms with Gasteiger partial charge in [-0.15, -0.1) is 0 Å². The van der Waals surface area contributed by atoms with Crippen LogP contribution in [0.4, 0.5) is 0 Å². The fraction of sp³-hybridized carbons (Fsp3) is 0.0267. The number of nitrogens with zero attached hydrogens (tertiary/aromatic N) is 4. The highest BCUT2D eigenvalue weighted by molar-refractivity contribution is 6.00. The second kappa shape index (κ2) is 20.6. The Hall–Kier alpha value is -10.5. The molecule has 0 radical (unpaired) electrons. The van der Waals surface area contributed by atoms with Crippen LogP contribution in [-0.4, -0.2) is 19.5 Å². The third-order valence-corrected chi connectivity index (χ3v) is 15.2. The van der Waals surface area contributed by atoms with E-state index in [1.165, 1.54) is 27.8 Å². The highest BCUT2D eigenvalue weighted by atomic mass is 15.0. The van der Waals surface area contributed by atoms with Gasteiger partial charge >= 0.3 is 0 Å². The molecule has 370 valence electrons. The molecule has 0 saturated carbocycles. The number of rotatable bonds is 11. The van der Waals surface area contributed by atoms with Gasteiger partial charge in [-0.3, -0.25) is 0 Å². The quantitative estimate of drug-likeness (QED) is 0.130. The van der Waals surface area contributed by atoms with Gasteiger partial charge in [0.2, 0.25) is 0 Å². The second-order valence-electron chi connectivity index (χ2n) is 20.1. The Kier molecular flexibility index (Phi) is 12.2. The van der Waals surface area contributed by atoms with E-state index in [4.69, 9.17) is 15.0 Å². The van der Waals surface area contributed by atoms with Gasteiger partial charge in [-0.1, -0.05) is 255 Å². The number of fused-ring (bicyclic) bond motifs is 3. The maximum atomic E-state index is 5.44. The minimum Gasteiger partial charge on any atom is -0.312 e. The van der Waals surface area contributed by atoms with Crippen LogP contribution in [0.15, 0.2) is 273 Å². The number of benzene rings is 10. The molecule has 1 aliphatic rings. The predicted molar refractivity (Wildman–Crippen MR) is 326 cm³/mol. The molecule has 4 heteroatoms. The zero-order chi connectivity index (χ0) is 52.5. The molecular formula is C75H50N4. The van der Waals surface area contributed by atoms with Gasteiger partial charge in [0.1, 0.15) is 0 Å². The Morgan fingerprint density at radius 1 is 0.316 bits per heavy atom. The third kappa shape index (κ3) is 9.20. The normalized spacial score (nSPS) is 11.8. The lowest BCUT2D eigenvalue weighted by atomic mass is 9.91. The Morgan fingerprint density at radius 3 is 1.20 bits per heavy atom. The summed E-state index contributed by atoms with van der Waals surface area (Å²) < 4.78 is 2.54. The largest absolute Gasteiger partial charge is 0.312 e. The number of aromatic nitrogens is 4. The molecule has 0 saturated heterocycles. The molecule has 79 heavy (non-hydrogen) atoms. The molecule has 0 N–H and O–H groups in total. The summed E-state index contributed by atoms with van der Waals surface area (Å²) in [5.74, 6) is 1.74. The van der Waals surface area contributed by atoms with Gasteiger partial charge in [-0.05, 0) is 105 Å². The molecule has 11 aromatic carbocycles. The zero-order valence-corrected chi connectivity index (χ0v) is 43.3. The van der Waals surface area contributed by atoms with Crippen molar-refractivity contribution < 1.29 is 0 Å². The van der Waals surface area contributed by atoms with E-state index >= 15 is 0 Å². The smallest absolute Gasteiger partial charge is 0.164 e. The van der Waals surface area contributed by atoms with E-state index in [0.29, 0.717) is 17.5 Å². The molecule has 0 atom stereocenters. The van der Waals surface area contributed by atoms with E-state index < -0.39 is 0 Å². The molecule has 0 amide bonds. The van der Waals surface area contributed by atoms with E-state index in [1.54, 1.807) is 0 Å². The summed E-state index contributed by atoms with van der Waals surface area (Å²) in [5.41, 5.74) is 22.6. The van der Waals surface area contributed by atoms with Gasteiger partial charge in [-0.25, -0.2) is 15.0 Å². The topological polar surface area (TPSA) is 43.6 Å². The summed E-state index contributed by atoms with van der Waals surface area (Å²) in [6, 6.07) is 102. The van der Waals surface area contributed by atoms with Crippen molar-refractivity contribution in [3.8, 4) is 118 Å². The summed E-state index contributed by atoms with van der Waals surface area (Å²) in [6.45, 7) is 0. The fourth-order valence-electron chi connectivity index (χ4n) is 11.2. The molecule has 0 fully saturated rings. The molecule has 2 aromatic heterocycles. The lowest BCUT2D eigenvalue weighted by molar-refractivity contribution is 0.890. The van der Waals surface area contributed by atoms with Crippen LogP contribution >= 0.6 is 0 Å². The van der Waals surface area contributed by atoms with Crippen LogP contribution in [0.2, 0.25) is 0 Å². The number of allylic oxidation sites excluding steroid dienone is 1. The molecule has 0 bridgehead atoms. The lowest BCUT2D eigenvalue weighted by Crippen LogP contribution is -2.07. The van der Waals surface area contributed by atoms with Crippen molar-refractivity contribution >= 4 is 17.0 Å². The second-order valence-corrected chi connectivity index (χ2v) is 20.1. The maximum Gasteiger partial charge on any atom is 0.164 e. The van der Waals surface area contributed by atoms with Crippen LogP contribution < -0.4 is 0 Å². The molecule has 0 aliphatic heterocycles. The first-order chi connectivity index (χ1) is 39.1. The minimum atomic E-state index is 0.564. The summed E-state index contributed by atoms with van der Waals surface area (Å²) >= 11 is 0. The van der Waals surface area contributed by atoms with Gasteiger partial charge in [-0.2, -0.15) is 0 Å². The molecule has 4 nitrogen and oxygen atoms in total. The molecule has 0 spiro atoms. The van der Waals surface area contributed by atoms with Crippen LogP contribution in [0.1, 0.15) is 17.7 Å². The van der Waals surface area contributed by atoms with Gasteiger partial charge in [0.15, 0.2) is 17.5 Å². The van der Waals surface area contributed by atoms with Crippen molar-refractivity contribution in [1.29, 1.82) is 0 Å². The Balaban J connectivity index is 1.03. The first kappa shape index (κ1) is 47.0. The molecule has 2 heterocycles. The van der Waals surface area contributed by atoms with Crippen molar-refractivity contribution in [1.82, 2.24) is 19.5 Å². The highest BCUT2D eigenvalue weighted by Gasteiger charge is 2.26. The summed E-state index contributed by atoms with van der Waals surface area (Å²) in [7, 11) is 0. The standard InChI is InChI=1S/C75H50N4/c1-6-18-51(19-7-1)56-30-38-60(39-31-56)67-49-65(75-77-73(62-42-34-58(35-43-62)53-22-10-3-11-23-53)76-74(78-75)63-44-36-59(37-45-63)54-24-12-4-13-25-54)50-68(61-40-32-57(33-41-61)52-20-8-2-9-21-52)72(67)79-70-29-17-16-28-66(70)69-48-64(46-47-71(69)79)55-26-14-5-15-27-55/h1-16,18-28,30-32,34-40,42-50H,17,29H2. The Morgan fingerprint density at radius 2 is 0.709 bits per heavy atom. The monoisotopic (exact) mass is 1010 g/mol. The van der Waals surface area contributed by atoms with E-state index in [9.17, 15) is 0 Å². The molecule has 1 aliphatic carbocycles. The van der Waals surface area contributed by atoms with E-state index in [1.807, 2.05) is 18.2 Å². The zero-order valence-electron chi connectivity index (χ0n) is 43.3. The van der Waals surface area contributed by atoms with Crippen molar-refractivity contribution in [2.24, 2.45) is 0 Å². The van der Waals surface area contributed by atoms with Crippen molar-refractivity contribution in [2.45, 2.75) is 12.8 Å². The summed E-state index contributed by atoms with van der Waals surface area (Å²) in [6.07, 6.45) is 6.46. The van der Waals surface area contributed by atoms with Crippen molar-refractivity contribution in [2.75, 3.05) is 0 Å². The fourth-order valence-corrected chi connectivity index (χ4v) is 11.2. The predicted octanol–water partition coefficient (Wildman–Crippen LogP) is 19.0. The van der Waals surface area contributed by atoms with Crippen LogP contribution in [-0.2, 0) is 6.42 Å². The van der Waals surface area contributed by atoms with Gasteiger partial charge in [0, 0.05) is 55.6 Å². The maximum absolute atomic E-state index is 5.44. The Bertz CT molecular complexity index is 4120. The molecular weight excluding hydrogens is 957 g/mol. The van der Waals surface area contributed by atoms with Gasteiger partial charge in [0.25, 0.3) is 0 Å². The van der Waals surface area contributed by atoms with E-state index in [0.717, 1.165) is 107 Å². The number of hydrogen-bond acceptors (Lipinski definition) is 3. The minimum absolute atomic E-state index is 0.564. The van der Waals surface area contributed by atoms with Crippen LogP contribution in [0.3, 0.4) is 0 Å². The summed E-state index contributed by atoms with van der Waals surface area (Å²) in [5, 5.41) is 1.21. The Labute approximate surface area is 461 Å². The first-order valence-corrected chi connectivity index (χ1v) is 27.0. The van der Waals surface area contributed by atoms with Gasteiger partial charge < -0.3 is 4.57 Å². The van der Waals surface area contributed by atoms with Crippen LogP contribution in [0.5, 0.6) is 0 Å². The summed E-state index contributed by atoms with van der Waals surface area (Å²) in [4.78, 5) is 16.1. The van der Waals surface area contributed by atoms with E-state index in [-0.39, 0.29) is 0 Å².